The molecule has 1 aliphatic rings. The third-order valence-corrected chi connectivity index (χ3v) is 3.37. The van der Waals surface area contributed by atoms with Crippen molar-refractivity contribution in [1.82, 2.24) is 0 Å². The van der Waals surface area contributed by atoms with Gasteiger partial charge >= 0.3 is 0 Å². The van der Waals surface area contributed by atoms with Gasteiger partial charge in [0.15, 0.2) is 11.6 Å². The second-order valence-corrected chi connectivity index (χ2v) is 4.73. The Hall–Kier alpha value is -2.22. The van der Waals surface area contributed by atoms with Crippen LogP contribution in [0.5, 0.6) is 0 Å². The summed E-state index contributed by atoms with van der Waals surface area (Å²) in [7, 11) is 0. The number of rotatable bonds is 0. The zero-order valence-corrected chi connectivity index (χ0v) is 10.3. The van der Waals surface area contributed by atoms with E-state index >= 15 is 0 Å². The van der Waals surface area contributed by atoms with Crippen molar-refractivity contribution in [2.45, 2.75) is 13.8 Å². The van der Waals surface area contributed by atoms with Crippen LogP contribution < -0.4 is 0 Å². The highest BCUT2D eigenvalue weighted by molar-refractivity contribution is 6.28. The molecule has 0 amide bonds. The van der Waals surface area contributed by atoms with Gasteiger partial charge in [-0.2, -0.15) is 0 Å². The van der Waals surface area contributed by atoms with E-state index in [2.05, 4.69) is 0 Å². The van der Waals surface area contributed by atoms with Gasteiger partial charge in [-0.15, -0.1) is 0 Å². The third kappa shape index (κ3) is 1.42. The largest absolute Gasteiger partial charge is 0.289 e. The van der Waals surface area contributed by atoms with E-state index in [0.717, 1.165) is 16.3 Å². The van der Waals surface area contributed by atoms with Crippen LogP contribution in [0.1, 0.15) is 33.2 Å². The molecule has 18 heavy (non-hydrogen) atoms. The van der Waals surface area contributed by atoms with Crippen LogP contribution in [0.4, 0.5) is 0 Å². The van der Waals surface area contributed by atoms with Crippen molar-refractivity contribution < 1.29 is 9.59 Å². The van der Waals surface area contributed by atoms with Crippen molar-refractivity contribution in [3.63, 3.8) is 0 Å². The Morgan fingerprint density at radius 2 is 1.72 bits per heavy atom. The molecule has 2 heteroatoms. The Labute approximate surface area is 105 Å². The predicted molar refractivity (Wildman–Crippen MR) is 71.1 cm³/mol. The minimum Gasteiger partial charge on any atom is -0.289 e. The number of carbonyl (C=O) groups excluding carboxylic acids is 2. The number of aryl methyl sites for hydroxylation is 1. The highest BCUT2D eigenvalue weighted by Gasteiger charge is 2.24. The first-order chi connectivity index (χ1) is 8.58. The molecule has 0 N–H and O–H groups in total. The number of carbonyl (C=O) groups is 2. The molecule has 0 aromatic heterocycles. The van der Waals surface area contributed by atoms with Gasteiger partial charge in [-0.05, 0) is 36.8 Å². The average molecular weight is 236 g/mol. The first kappa shape index (κ1) is 10.9. The number of benzene rings is 2. The summed E-state index contributed by atoms with van der Waals surface area (Å²) in [5.74, 6) is -0.122. The molecule has 2 aromatic rings. The molecule has 0 radical (unpaired) electrons. The van der Waals surface area contributed by atoms with E-state index in [1.165, 1.54) is 6.08 Å². The molecule has 0 spiro atoms. The molecular formula is C16H12O2. The second-order valence-electron chi connectivity index (χ2n) is 4.73. The maximum atomic E-state index is 12.1. The Balaban J connectivity index is 2.42. The minimum absolute atomic E-state index is 0.0490. The normalized spacial score (nSPS) is 14.7. The van der Waals surface area contributed by atoms with E-state index in [-0.39, 0.29) is 11.6 Å². The van der Waals surface area contributed by atoms with Crippen LogP contribution in [-0.4, -0.2) is 11.6 Å². The molecule has 2 nitrogen and oxygen atoms in total. The van der Waals surface area contributed by atoms with E-state index in [0.29, 0.717) is 16.7 Å². The lowest BCUT2D eigenvalue weighted by Gasteiger charge is -2.15. The van der Waals surface area contributed by atoms with E-state index in [9.17, 15) is 9.59 Å². The molecule has 0 heterocycles. The van der Waals surface area contributed by atoms with Gasteiger partial charge < -0.3 is 0 Å². The molecule has 2 aromatic carbocycles. The van der Waals surface area contributed by atoms with Crippen LogP contribution in [0, 0.1) is 6.92 Å². The molecule has 0 saturated carbocycles. The van der Waals surface area contributed by atoms with Gasteiger partial charge in [0.05, 0.1) is 0 Å². The van der Waals surface area contributed by atoms with E-state index in [1.807, 2.05) is 31.2 Å². The van der Waals surface area contributed by atoms with Gasteiger partial charge in [0.1, 0.15) is 0 Å². The first-order valence-corrected chi connectivity index (χ1v) is 5.88. The van der Waals surface area contributed by atoms with Crippen molar-refractivity contribution in [2.75, 3.05) is 0 Å². The topological polar surface area (TPSA) is 34.1 Å². The molecule has 0 aliphatic heterocycles. The van der Waals surface area contributed by atoms with Crippen molar-refractivity contribution in [1.29, 1.82) is 0 Å². The molecule has 0 atom stereocenters. The summed E-state index contributed by atoms with van der Waals surface area (Å²) < 4.78 is 0. The predicted octanol–water partition coefficient (Wildman–Crippen LogP) is 3.47. The maximum Gasteiger partial charge on any atom is 0.189 e. The van der Waals surface area contributed by atoms with Crippen LogP contribution in [-0.2, 0) is 0 Å². The molecule has 3 rings (SSSR count). The summed E-state index contributed by atoms with van der Waals surface area (Å²) in [4.78, 5) is 24.2. The summed E-state index contributed by atoms with van der Waals surface area (Å²) in [6.07, 6.45) is 1.43. The second kappa shape index (κ2) is 3.64. The number of hydrogen-bond donors (Lipinski definition) is 0. The lowest BCUT2D eigenvalue weighted by Crippen LogP contribution is -2.15. The monoisotopic (exact) mass is 236 g/mol. The van der Waals surface area contributed by atoms with Crippen molar-refractivity contribution in [3.8, 4) is 0 Å². The highest BCUT2D eigenvalue weighted by atomic mass is 16.1. The Bertz CT molecular complexity index is 736. The number of Topliss-reactive ketones (excluding diaryl/α,β-unsaturated/α-hetero) is 1. The molecule has 88 valence electrons. The van der Waals surface area contributed by atoms with Gasteiger partial charge in [-0.25, -0.2) is 0 Å². The summed E-state index contributed by atoms with van der Waals surface area (Å²) >= 11 is 0. The SMILES string of the molecule is CC1=CC(=O)c2c(ccc3cc(C)ccc23)C1=O. The summed E-state index contributed by atoms with van der Waals surface area (Å²) in [5, 5.41) is 1.86. The third-order valence-electron chi connectivity index (χ3n) is 3.37. The van der Waals surface area contributed by atoms with E-state index in [1.54, 1.807) is 13.0 Å². The lowest BCUT2D eigenvalue weighted by atomic mass is 9.86. The first-order valence-electron chi connectivity index (χ1n) is 5.88. The smallest absolute Gasteiger partial charge is 0.189 e. The van der Waals surface area contributed by atoms with Crippen molar-refractivity contribution in [3.05, 3.63) is 58.7 Å². The lowest BCUT2D eigenvalue weighted by molar-refractivity contribution is 0.0985. The standard InChI is InChI=1S/C16H12O2/c1-9-3-5-12-11(7-9)4-6-13-15(12)14(17)8-10(2)16(13)18/h3-8H,1-2H3. The fourth-order valence-corrected chi connectivity index (χ4v) is 2.45. The fourth-order valence-electron chi connectivity index (χ4n) is 2.45. The van der Waals surface area contributed by atoms with Gasteiger partial charge in [0.2, 0.25) is 0 Å². The van der Waals surface area contributed by atoms with Gasteiger partial charge in [0.25, 0.3) is 0 Å². The Morgan fingerprint density at radius 1 is 0.944 bits per heavy atom. The molecule has 0 unspecified atom stereocenters. The molecule has 0 bridgehead atoms. The number of ketones is 2. The summed E-state index contributed by atoms with van der Waals surface area (Å²) in [5.41, 5.74) is 2.72. The number of fused-ring (bicyclic) bond motifs is 3. The summed E-state index contributed by atoms with van der Waals surface area (Å²) in [6, 6.07) is 9.58. The van der Waals surface area contributed by atoms with Crippen LogP contribution >= 0.6 is 0 Å². The maximum absolute atomic E-state index is 12.1. The van der Waals surface area contributed by atoms with E-state index < -0.39 is 0 Å². The van der Waals surface area contributed by atoms with Crippen LogP contribution in [0.15, 0.2) is 42.0 Å². The minimum atomic E-state index is -0.0726. The van der Waals surface area contributed by atoms with Crippen LogP contribution in [0.2, 0.25) is 0 Å². The van der Waals surface area contributed by atoms with Crippen molar-refractivity contribution >= 4 is 22.3 Å². The zero-order valence-electron chi connectivity index (χ0n) is 10.3. The Morgan fingerprint density at radius 3 is 2.50 bits per heavy atom. The molecular weight excluding hydrogens is 224 g/mol. The molecule has 0 fully saturated rings. The van der Waals surface area contributed by atoms with Crippen LogP contribution in [0.25, 0.3) is 10.8 Å². The van der Waals surface area contributed by atoms with E-state index in [4.69, 9.17) is 0 Å². The molecule has 0 saturated heterocycles. The average Bonchev–Trinajstić information content (AvgIpc) is 2.34. The van der Waals surface area contributed by atoms with Gasteiger partial charge in [0, 0.05) is 16.7 Å². The number of allylic oxidation sites excluding steroid dienone is 2. The van der Waals surface area contributed by atoms with Gasteiger partial charge in [-0.1, -0.05) is 29.8 Å². The quantitative estimate of drug-likeness (QED) is 0.701. The zero-order chi connectivity index (χ0) is 12.9. The van der Waals surface area contributed by atoms with Crippen LogP contribution in [0.3, 0.4) is 0 Å². The van der Waals surface area contributed by atoms with Gasteiger partial charge in [-0.3, -0.25) is 9.59 Å². The highest BCUT2D eigenvalue weighted by Crippen LogP contribution is 2.29. The van der Waals surface area contributed by atoms with Crippen molar-refractivity contribution in [2.24, 2.45) is 0 Å². The fraction of sp³-hybridized carbons (Fsp3) is 0.125. The molecule has 1 aliphatic carbocycles. The Kier molecular flexibility index (Phi) is 2.20. The summed E-state index contributed by atoms with van der Waals surface area (Å²) in [6.45, 7) is 3.69. The number of hydrogen-bond acceptors (Lipinski definition) is 2.